The van der Waals surface area contributed by atoms with Crippen molar-refractivity contribution in [2.24, 2.45) is 5.84 Å². The molecule has 5 heteroatoms. The Morgan fingerprint density at radius 2 is 1.90 bits per heavy atom. The predicted octanol–water partition coefficient (Wildman–Crippen LogP) is 1.86. The van der Waals surface area contributed by atoms with Gasteiger partial charge in [0, 0.05) is 18.3 Å². The van der Waals surface area contributed by atoms with Crippen LogP contribution in [0.25, 0.3) is 0 Å². The Kier molecular flexibility index (Phi) is 4.68. The van der Waals surface area contributed by atoms with Crippen molar-refractivity contribution in [3.05, 3.63) is 59.3 Å². The van der Waals surface area contributed by atoms with Gasteiger partial charge in [-0.15, -0.1) is 0 Å². The molecular formula is C15H18N4O. The SMILES string of the molecule is CCc1ccc(CNC(=O)c2ccnc(NN)c2)cc1. The van der Waals surface area contributed by atoms with E-state index in [9.17, 15) is 4.79 Å². The van der Waals surface area contributed by atoms with E-state index in [4.69, 9.17) is 5.84 Å². The first-order valence-corrected chi connectivity index (χ1v) is 6.51. The van der Waals surface area contributed by atoms with E-state index < -0.39 is 0 Å². The molecule has 0 aliphatic heterocycles. The zero-order valence-corrected chi connectivity index (χ0v) is 11.4. The van der Waals surface area contributed by atoms with Gasteiger partial charge in [0.2, 0.25) is 0 Å². The minimum absolute atomic E-state index is 0.150. The third kappa shape index (κ3) is 3.55. The van der Waals surface area contributed by atoms with Crippen LogP contribution in [0.1, 0.15) is 28.4 Å². The van der Waals surface area contributed by atoms with Gasteiger partial charge in [-0.05, 0) is 29.7 Å². The molecule has 4 N–H and O–H groups in total. The molecule has 104 valence electrons. The maximum absolute atomic E-state index is 12.0. The van der Waals surface area contributed by atoms with Gasteiger partial charge in [-0.2, -0.15) is 0 Å². The second kappa shape index (κ2) is 6.68. The number of benzene rings is 1. The van der Waals surface area contributed by atoms with Gasteiger partial charge >= 0.3 is 0 Å². The number of carbonyl (C=O) groups excluding carboxylic acids is 1. The molecular weight excluding hydrogens is 252 g/mol. The molecule has 2 aromatic rings. The number of nitrogens with zero attached hydrogens (tertiary/aromatic N) is 1. The summed E-state index contributed by atoms with van der Waals surface area (Å²) in [7, 11) is 0. The number of nitrogen functional groups attached to an aromatic ring is 1. The van der Waals surface area contributed by atoms with E-state index in [1.807, 2.05) is 12.1 Å². The highest BCUT2D eigenvalue weighted by atomic mass is 16.1. The number of hydrogen-bond acceptors (Lipinski definition) is 4. The normalized spacial score (nSPS) is 10.1. The molecule has 20 heavy (non-hydrogen) atoms. The summed E-state index contributed by atoms with van der Waals surface area (Å²) < 4.78 is 0. The van der Waals surface area contributed by atoms with Gasteiger partial charge < -0.3 is 10.7 Å². The number of aryl methyl sites for hydroxylation is 1. The minimum atomic E-state index is -0.150. The number of hydrazine groups is 1. The molecule has 2 rings (SSSR count). The molecule has 0 aliphatic carbocycles. The lowest BCUT2D eigenvalue weighted by molar-refractivity contribution is 0.0951. The Bertz CT molecular complexity index is 581. The number of nitrogens with two attached hydrogens (primary N) is 1. The summed E-state index contributed by atoms with van der Waals surface area (Å²) in [5, 5.41) is 2.87. The summed E-state index contributed by atoms with van der Waals surface area (Å²) in [6, 6.07) is 11.5. The van der Waals surface area contributed by atoms with Crippen LogP contribution < -0.4 is 16.6 Å². The first-order chi connectivity index (χ1) is 9.72. The molecule has 1 amide bonds. The molecule has 0 bridgehead atoms. The number of anilines is 1. The maximum atomic E-state index is 12.0. The van der Waals surface area contributed by atoms with E-state index >= 15 is 0 Å². The van der Waals surface area contributed by atoms with Crippen LogP contribution in [0.2, 0.25) is 0 Å². The highest BCUT2D eigenvalue weighted by Gasteiger charge is 2.06. The first kappa shape index (κ1) is 14.0. The van der Waals surface area contributed by atoms with Crippen molar-refractivity contribution in [1.29, 1.82) is 0 Å². The van der Waals surface area contributed by atoms with E-state index in [1.54, 1.807) is 18.3 Å². The van der Waals surface area contributed by atoms with Crippen LogP contribution in [0.5, 0.6) is 0 Å². The smallest absolute Gasteiger partial charge is 0.251 e. The summed E-state index contributed by atoms with van der Waals surface area (Å²) in [5.41, 5.74) is 5.30. The van der Waals surface area contributed by atoms with Gasteiger partial charge in [0.1, 0.15) is 5.82 Å². The minimum Gasteiger partial charge on any atom is -0.348 e. The highest BCUT2D eigenvalue weighted by molar-refractivity contribution is 5.94. The van der Waals surface area contributed by atoms with Crippen molar-refractivity contribution in [2.45, 2.75) is 19.9 Å². The molecule has 5 nitrogen and oxygen atoms in total. The van der Waals surface area contributed by atoms with Crippen LogP contribution in [0.3, 0.4) is 0 Å². The van der Waals surface area contributed by atoms with E-state index in [-0.39, 0.29) is 5.91 Å². The lowest BCUT2D eigenvalue weighted by Crippen LogP contribution is -2.23. The van der Waals surface area contributed by atoms with Gasteiger partial charge in [0.05, 0.1) is 0 Å². The van der Waals surface area contributed by atoms with Crippen LogP contribution in [-0.2, 0) is 13.0 Å². The van der Waals surface area contributed by atoms with E-state index in [0.29, 0.717) is 17.9 Å². The van der Waals surface area contributed by atoms with Gasteiger partial charge in [0.15, 0.2) is 0 Å². The van der Waals surface area contributed by atoms with Gasteiger partial charge in [-0.3, -0.25) is 4.79 Å². The fourth-order valence-corrected chi connectivity index (χ4v) is 1.83. The molecule has 1 heterocycles. The lowest BCUT2D eigenvalue weighted by atomic mass is 10.1. The Morgan fingerprint density at radius 1 is 1.20 bits per heavy atom. The molecule has 0 saturated carbocycles. The fraction of sp³-hybridized carbons (Fsp3) is 0.200. The number of pyridine rings is 1. The lowest BCUT2D eigenvalue weighted by Gasteiger charge is -2.07. The monoisotopic (exact) mass is 270 g/mol. The van der Waals surface area contributed by atoms with Crippen LogP contribution in [-0.4, -0.2) is 10.9 Å². The Balaban J connectivity index is 1.97. The number of hydrogen-bond donors (Lipinski definition) is 3. The summed E-state index contributed by atoms with van der Waals surface area (Å²) in [6.45, 7) is 2.61. The molecule has 0 radical (unpaired) electrons. The molecule has 0 fully saturated rings. The molecule has 0 spiro atoms. The van der Waals surface area contributed by atoms with Gasteiger partial charge in [-0.25, -0.2) is 10.8 Å². The Labute approximate surface area is 118 Å². The van der Waals surface area contributed by atoms with E-state index in [0.717, 1.165) is 12.0 Å². The van der Waals surface area contributed by atoms with E-state index in [2.05, 4.69) is 34.8 Å². The van der Waals surface area contributed by atoms with Crippen molar-refractivity contribution in [1.82, 2.24) is 10.3 Å². The molecule has 0 saturated heterocycles. The second-order valence-corrected chi connectivity index (χ2v) is 4.43. The standard InChI is InChI=1S/C15H18N4O/c1-2-11-3-5-12(6-4-11)10-18-15(20)13-7-8-17-14(9-13)19-16/h3-9H,2,10,16H2,1H3,(H,17,19)(H,18,20). The quantitative estimate of drug-likeness (QED) is 0.572. The number of aromatic nitrogens is 1. The zero-order chi connectivity index (χ0) is 14.4. The fourth-order valence-electron chi connectivity index (χ4n) is 1.83. The summed E-state index contributed by atoms with van der Waals surface area (Å²) in [4.78, 5) is 16.0. The molecule has 0 aliphatic rings. The van der Waals surface area contributed by atoms with Crippen molar-refractivity contribution >= 4 is 11.7 Å². The average molecular weight is 270 g/mol. The summed E-state index contributed by atoms with van der Waals surface area (Å²) >= 11 is 0. The molecule has 1 aromatic heterocycles. The van der Waals surface area contributed by atoms with Crippen LogP contribution >= 0.6 is 0 Å². The predicted molar refractivity (Wildman–Crippen MR) is 79.0 cm³/mol. The molecule has 0 unspecified atom stereocenters. The summed E-state index contributed by atoms with van der Waals surface area (Å²) in [5.74, 6) is 5.58. The Hall–Kier alpha value is -2.40. The first-order valence-electron chi connectivity index (χ1n) is 6.51. The zero-order valence-electron chi connectivity index (χ0n) is 11.4. The van der Waals surface area contributed by atoms with Crippen molar-refractivity contribution in [3.63, 3.8) is 0 Å². The number of nitrogens with one attached hydrogen (secondary N) is 2. The third-order valence-electron chi connectivity index (χ3n) is 3.05. The molecule has 1 aromatic carbocycles. The van der Waals surface area contributed by atoms with Gasteiger partial charge in [-0.1, -0.05) is 31.2 Å². The van der Waals surface area contributed by atoms with Crippen molar-refractivity contribution in [2.75, 3.05) is 5.43 Å². The Morgan fingerprint density at radius 3 is 2.55 bits per heavy atom. The number of amides is 1. The third-order valence-corrected chi connectivity index (χ3v) is 3.05. The topological polar surface area (TPSA) is 80.0 Å². The molecule has 0 atom stereocenters. The van der Waals surface area contributed by atoms with Crippen LogP contribution in [0.4, 0.5) is 5.82 Å². The number of carbonyl (C=O) groups is 1. The van der Waals surface area contributed by atoms with E-state index in [1.165, 1.54) is 5.56 Å². The van der Waals surface area contributed by atoms with Crippen LogP contribution in [0.15, 0.2) is 42.6 Å². The van der Waals surface area contributed by atoms with Crippen molar-refractivity contribution < 1.29 is 4.79 Å². The van der Waals surface area contributed by atoms with Gasteiger partial charge in [0.25, 0.3) is 5.91 Å². The second-order valence-electron chi connectivity index (χ2n) is 4.43. The van der Waals surface area contributed by atoms with Crippen molar-refractivity contribution in [3.8, 4) is 0 Å². The van der Waals surface area contributed by atoms with Crippen LogP contribution in [0, 0.1) is 0 Å². The number of rotatable bonds is 5. The summed E-state index contributed by atoms with van der Waals surface area (Å²) in [6.07, 6.45) is 2.55. The highest BCUT2D eigenvalue weighted by Crippen LogP contribution is 2.07. The maximum Gasteiger partial charge on any atom is 0.251 e. The largest absolute Gasteiger partial charge is 0.348 e. The average Bonchev–Trinajstić information content (AvgIpc) is 2.53.